The summed E-state index contributed by atoms with van der Waals surface area (Å²) in [5.41, 5.74) is -0.634. The van der Waals surface area contributed by atoms with Gasteiger partial charge in [-0.25, -0.2) is 9.59 Å². The molecule has 1 heterocycles. The lowest BCUT2D eigenvalue weighted by Gasteiger charge is -2.26. The zero-order valence-electron chi connectivity index (χ0n) is 10.6. The second-order valence-electron chi connectivity index (χ2n) is 5.08. The summed E-state index contributed by atoms with van der Waals surface area (Å²) < 4.78 is 10.3. The van der Waals surface area contributed by atoms with Gasteiger partial charge < -0.3 is 14.6 Å². The van der Waals surface area contributed by atoms with Gasteiger partial charge >= 0.3 is 12.1 Å². The maximum atomic E-state index is 11.8. The van der Waals surface area contributed by atoms with Crippen molar-refractivity contribution in [2.45, 2.75) is 44.9 Å². The molecule has 1 saturated heterocycles. The summed E-state index contributed by atoms with van der Waals surface area (Å²) in [5.74, 6) is -1.03. The zero-order chi connectivity index (χ0) is 13.2. The number of aliphatic carboxylic acids is 1. The van der Waals surface area contributed by atoms with Crippen LogP contribution in [0.3, 0.4) is 0 Å². The van der Waals surface area contributed by atoms with Crippen LogP contribution in [-0.4, -0.2) is 53.5 Å². The van der Waals surface area contributed by atoms with E-state index in [-0.39, 0.29) is 12.6 Å². The fraction of sp³-hybridized carbons (Fsp3) is 0.818. The van der Waals surface area contributed by atoms with Gasteiger partial charge in [0.25, 0.3) is 0 Å². The van der Waals surface area contributed by atoms with Gasteiger partial charge in [-0.2, -0.15) is 0 Å². The highest BCUT2D eigenvalue weighted by atomic mass is 16.6. The zero-order valence-corrected chi connectivity index (χ0v) is 10.6. The Kier molecular flexibility index (Phi) is 3.98. The Balaban J connectivity index is 2.73. The van der Waals surface area contributed by atoms with E-state index in [1.54, 1.807) is 20.8 Å². The first kappa shape index (κ1) is 13.8. The van der Waals surface area contributed by atoms with E-state index >= 15 is 0 Å². The van der Waals surface area contributed by atoms with Crippen molar-refractivity contribution in [2.24, 2.45) is 0 Å². The van der Waals surface area contributed by atoms with E-state index in [4.69, 9.17) is 14.6 Å². The summed E-state index contributed by atoms with van der Waals surface area (Å²) in [7, 11) is 1.50. The third-order valence-corrected chi connectivity index (χ3v) is 2.51. The summed E-state index contributed by atoms with van der Waals surface area (Å²) in [6, 6.07) is -0.866. The van der Waals surface area contributed by atoms with Crippen LogP contribution in [0.4, 0.5) is 4.79 Å². The summed E-state index contributed by atoms with van der Waals surface area (Å²) in [6.07, 6.45) is -0.557. The summed E-state index contributed by atoms with van der Waals surface area (Å²) in [4.78, 5) is 24.1. The number of hydrogen-bond donors (Lipinski definition) is 1. The molecule has 0 aliphatic carbocycles. The topological polar surface area (TPSA) is 76.1 Å². The molecule has 6 heteroatoms. The predicted molar refractivity (Wildman–Crippen MR) is 59.8 cm³/mol. The van der Waals surface area contributed by atoms with Crippen molar-refractivity contribution in [3.63, 3.8) is 0 Å². The van der Waals surface area contributed by atoms with Crippen LogP contribution in [-0.2, 0) is 14.3 Å². The Morgan fingerprint density at radius 3 is 2.35 bits per heavy atom. The summed E-state index contributed by atoms with van der Waals surface area (Å²) in [5, 5.41) is 9.04. The second-order valence-corrected chi connectivity index (χ2v) is 5.08. The molecule has 0 aromatic carbocycles. The molecule has 6 nitrogen and oxygen atoms in total. The minimum atomic E-state index is -1.03. The SMILES string of the molecule is COC1CC(C(=O)O)N(C(=O)OC(C)(C)C)C1. The second kappa shape index (κ2) is 4.91. The molecule has 98 valence electrons. The van der Waals surface area contributed by atoms with Crippen molar-refractivity contribution >= 4 is 12.1 Å². The van der Waals surface area contributed by atoms with Gasteiger partial charge in [0.2, 0.25) is 0 Å². The van der Waals surface area contributed by atoms with Crippen LogP contribution in [0.15, 0.2) is 0 Å². The monoisotopic (exact) mass is 245 g/mol. The molecule has 0 aromatic heterocycles. The predicted octanol–water partition coefficient (Wildman–Crippen LogP) is 1.10. The number of ether oxygens (including phenoxy) is 2. The maximum Gasteiger partial charge on any atom is 0.411 e. The fourth-order valence-electron chi connectivity index (χ4n) is 1.72. The molecule has 0 aromatic rings. The van der Waals surface area contributed by atoms with Gasteiger partial charge in [0.15, 0.2) is 0 Å². The Bertz CT molecular complexity index is 309. The van der Waals surface area contributed by atoms with Crippen molar-refractivity contribution in [1.29, 1.82) is 0 Å². The smallest absolute Gasteiger partial charge is 0.411 e. The number of carboxylic acids is 1. The minimum absolute atomic E-state index is 0.247. The van der Waals surface area contributed by atoms with Crippen molar-refractivity contribution in [1.82, 2.24) is 4.90 Å². The molecular formula is C11H19NO5. The average Bonchev–Trinajstić information content (AvgIpc) is 2.58. The van der Waals surface area contributed by atoms with Crippen LogP contribution >= 0.6 is 0 Å². The minimum Gasteiger partial charge on any atom is -0.480 e. The van der Waals surface area contributed by atoms with E-state index < -0.39 is 23.7 Å². The molecule has 0 bridgehead atoms. The van der Waals surface area contributed by atoms with Crippen LogP contribution in [0.25, 0.3) is 0 Å². The maximum absolute atomic E-state index is 11.8. The van der Waals surface area contributed by atoms with Crippen LogP contribution in [0.1, 0.15) is 27.2 Å². The van der Waals surface area contributed by atoms with Crippen molar-refractivity contribution in [3.8, 4) is 0 Å². The van der Waals surface area contributed by atoms with E-state index in [2.05, 4.69) is 0 Å². The summed E-state index contributed by atoms with van der Waals surface area (Å²) >= 11 is 0. The van der Waals surface area contributed by atoms with Crippen LogP contribution in [0.5, 0.6) is 0 Å². The number of rotatable bonds is 2. The van der Waals surface area contributed by atoms with E-state index in [0.717, 1.165) is 0 Å². The number of hydrogen-bond acceptors (Lipinski definition) is 4. The van der Waals surface area contributed by atoms with Gasteiger partial charge in [0.05, 0.1) is 12.6 Å². The molecule has 2 unspecified atom stereocenters. The first-order chi connectivity index (χ1) is 7.74. The Labute approximate surface area is 100 Å². The van der Waals surface area contributed by atoms with Gasteiger partial charge in [-0.1, -0.05) is 0 Å². The molecule has 0 spiro atoms. The number of carbonyl (C=O) groups is 2. The van der Waals surface area contributed by atoms with Gasteiger partial charge in [-0.05, 0) is 20.8 Å². The Hall–Kier alpha value is -1.30. The number of methoxy groups -OCH3 is 1. The molecule has 1 fully saturated rings. The van der Waals surface area contributed by atoms with Crippen molar-refractivity contribution in [3.05, 3.63) is 0 Å². The Morgan fingerprint density at radius 2 is 1.94 bits per heavy atom. The Morgan fingerprint density at radius 1 is 1.35 bits per heavy atom. The highest BCUT2D eigenvalue weighted by Gasteiger charge is 2.41. The average molecular weight is 245 g/mol. The molecule has 17 heavy (non-hydrogen) atoms. The first-order valence-electron chi connectivity index (χ1n) is 5.50. The molecule has 0 saturated carbocycles. The molecule has 1 amide bonds. The standard InChI is InChI=1S/C11H19NO5/c1-11(2,3)17-10(15)12-6-7(16-4)5-8(12)9(13)14/h7-8H,5-6H2,1-4H3,(H,13,14). The number of carbonyl (C=O) groups excluding carboxylic acids is 1. The number of amides is 1. The molecule has 1 aliphatic rings. The molecule has 1 N–H and O–H groups in total. The normalized spacial score (nSPS) is 24.8. The third kappa shape index (κ3) is 3.59. The van der Waals surface area contributed by atoms with Gasteiger partial charge in [0, 0.05) is 13.5 Å². The molecule has 0 radical (unpaired) electrons. The van der Waals surface area contributed by atoms with Crippen molar-refractivity contribution < 1.29 is 24.2 Å². The van der Waals surface area contributed by atoms with E-state index in [0.29, 0.717) is 6.42 Å². The quantitative estimate of drug-likeness (QED) is 0.788. The largest absolute Gasteiger partial charge is 0.480 e. The van der Waals surface area contributed by atoms with E-state index in [1.165, 1.54) is 12.0 Å². The first-order valence-corrected chi connectivity index (χ1v) is 5.50. The van der Waals surface area contributed by atoms with E-state index in [9.17, 15) is 9.59 Å². The molecule has 2 atom stereocenters. The lowest BCUT2D eigenvalue weighted by atomic mass is 10.2. The fourth-order valence-corrected chi connectivity index (χ4v) is 1.72. The van der Waals surface area contributed by atoms with E-state index in [1.807, 2.05) is 0 Å². The lowest BCUT2D eigenvalue weighted by Crippen LogP contribution is -2.43. The molecule has 1 aliphatic heterocycles. The lowest BCUT2D eigenvalue weighted by molar-refractivity contribution is -0.142. The van der Waals surface area contributed by atoms with Crippen LogP contribution in [0.2, 0.25) is 0 Å². The highest BCUT2D eigenvalue weighted by molar-refractivity contribution is 5.81. The molecular weight excluding hydrogens is 226 g/mol. The number of nitrogens with zero attached hydrogens (tertiary/aromatic N) is 1. The highest BCUT2D eigenvalue weighted by Crippen LogP contribution is 2.22. The van der Waals surface area contributed by atoms with Crippen LogP contribution in [0, 0.1) is 0 Å². The summed E-state index contributed by atoms with van der Waals surface area (Å²) in [6.45, 7) is 5.47. The third-order valence-electron chi connectivity index (χ3n) is 2.51. The van der Waals surface area contributed by atoms with Gasteiger partial charge in [-0.3, -0.25) is 4.90 Å². The van der Waals surface area contributed by atoms with Gasteiger partial charge in [-0.15, -0.1) is 0 Å². The molecule has 1 rings (SSSR count). The number of carboxylic acid groups (broad SMARTS) is 1. The van der Waals surface area contributed by atoms with Crippen LogP contribution < -0.4 is 0 Å². The van der Waals surface area contributed by atoms with Gasteiger partial charge in [0.1, 0.15) is 11.6 Å². The number of likely N-dealkylation sites (tertiary alicyclic amines) is 1. The van der Waals surface area contributed by atoms with Crippen molar-refractivity contribution in [2.75, 3.05) is 13.7 Å².